The smallest absolute Gasteiger partial charge is 0.338 e. The number of nitrogens with zero attached hydrogens (tertiary/aromatic N) is 4. The lowest BCUT2D eigenvalue weighted by molar-refractivity contribution is -0.140. The van der Waals surface area contributed by atoms with Crippen molar-refractivity contribution in [2.45, 2.75) is 13.0 Å². The van der Waals surface area contributed by atoms with Gasteiger partial charge in [0, 0.05) is 18.4 Å². The number of benzene rings is 1. The fourth-order valence-corrected chi connectivity index (χ4v) is 2.56. The number of anilines is 1. The van der Waals surface area contributed by atoms with E-state index in [1.165, 1.54) is 17.9 Å². The summed E-state index contributed by atoms with van der Waals surface area (Å²) in [7, 11) is 1.51. The molecule has 0 saturated carbocycles. The van der Waals surface area contributed by atoms with Gasteiger partial charge in [0.25, 0.3) is 0 Å². The molecule has 3 rings (SSSR count). The third kappa shape index (κ3) is 2.85. The number of ether oxygens (including phenoxy) is 2. The van der Waals surface area contributed by atoms with E-state index >= 15 is 0 Å². The van der Waals surface area contributed by atoms with Gasteiger partial charge in [0.1, 0.15) is 18.5 Å². The van der Waals surface area contributed by atoms with E-state index in [-0.39, 0.29) is 24.4 Å². The van der Waals surface area contributed by atoms with Crippen molar-refractivity contribution in [1.82, 2.24) is 20.2 Å². The van der Waals surface area contributed by atoms with E-state index in [0.29, 0.717) is 11.6 Å². The highest BCUT2D eigenvalue weighted by molar-refractivity contribution is 5.92. The maximum Gasteiger partial charge on any atom is 0.338 e. The average molecular weight is 333 g/mol. The van der Waals surface area contributed by atoms with E-state index < -0.39 is 17.8 Å². The Hall–Kier alpha value is -2.81. The minimum Gasteiger partial charge on any atom is -0.460 e. The highest BCUT2D eigenvalue weighted by atomic mass is 19.1. The first-order valence-electron chi connectivity index (χ1n) is 7.29. The molecule has 0 unspecified atom stereocenters. The molecular formula is C15H16FN5O3. The summed E-state index contributed by atoms with van der Waals surface area (Å²) in [6, 6.07) is 5.37. The highest BCUT2D eigenvalue weighted by Crippen LogP contribution is 2.35. The molecule has 9 heteroatoms. The third-order valence-electron chi connectivity index (χ3n) is 3.65. The first kappa shape index (κ1) is 16.1. The molecule has 0 aliphatic carbocycles. The minimum atomic E-state index is -0.813. The van der Waals surface area contributed by atoms with Crippen LogP contribution in [0.5, 0.6) is 0 Å². The SMILES string of the molecule is COCCOC(=O)C1=C(C)Nc2nnnn2[C@H]1c1ccccc1F. The number of allylic oxidation sites excluding steroid dienone is 1. The molecule has 1 aliphatic heterocycles. The summed E-state index contributed by atoms with van der Waals surface area (Å²) in [4.78, 5) is 12.5. The van der Waals surface area contributed by atoms with Crippen LogP contribution in [0.3, 0.4) is 0 Å². The average Bonchev–Trinajstić information content (AvgIpc) is 3.02. The summed E-state index contributed by atoms with van der Waals surface area (Å²) in [6.07, 6.45) is 0. The molecule has 2 aromatic rings. The van der Waals surface area contributed by atoms with Gasteiger partial charge in [-0.05, 0) is 23.4 Å². The number of hydrogen-bond acceptors (Lipinski definition) is 7. The fourth-order valence-electron chi connectivity index (χ4n) is 2.56. The molecule has 0 saturated heterocycles. The molecule has 0 radical (unpaired) electrons. The molecule has 1 N–H and O–H groups in total. The topological polar surface area (TPSA) is 91.2 Å². The van der Waals surface area contributed by atoms with E-state index in [9.17, 15) is 9.18 Å². The number of methoxy groups -OCH3 is 1. The summed E-state index contributed by atoms with van der Waals surface area (Å²) in [5.74, 6) is -0.707. The van der Waals surface area contributed by atoms with Crippen LogP contribution in [-0.4, -0.2) is 46.5 Å². The van der Waals surface area contributed by atoms with Crippen LogP contribution < -0.4 is 5.32 Å². The lowest BCUT2D eigenvalue weighted by Gasteiger charge is -2.27. The minimum absolute atomic E-state index is 0.0958. The Bertz CT molecular complexity index is 789. The summed E-state index contributed by atoms with van der Waals surface area (Å²) in [6.45, 7) is 2.06. The second-order valence-electron chi connectivity index (χ2n) is 5.16. The second-order valence-corrected chi connectivity index (χ2v) is 5.16. The van der Waals surface area contributed by atoms with Gasteiger partial charge in [-0.2, -0.15) is 4.68 Å². The number of esters is 1. The van der Waals surface area contributed by atoms with E-state index in [4.69, 9.17) is 9.47 Å². The Morgan fingerprint density at radius 3 is 2.92 bits per heavy atom. The number of nitrogens with one attached hydrogen (secondary N) is 1. The third-order valence-corrected chi connectivity index (χ3v) is 3.65. The predicted molar refractivity (Wildman–Crippen MR) is 81.5 cm³/mol. The zero-order valence-electron chi connectivity index (χ0n) is 13.2. The molecule has 0 fully saturated rings. The number of aromatic nitrogens is 4. The van der Waals surface area contributed by atoms with Crippen molar-refractivity contribution in [3.05, 3.63) is 46.9 Å². The van der Waals surface area contributed by atoms with E-state index in [1.54, 1.807) is 25.1 Å². The zero-order valence-corrected chi connectivity index (χ0v) is 13.2. The number of halogens is 1. The Kier molecular flexibility index (Phi) is 4.52. The van der Waals surface area contributed by atoms with Gasteiger partial charge >= 0.3 is 5.97 Å². The van der Waals surface area contributed by atoms with Crippen LogP contribution >= 0.6 is 0 Å². The van der Waals surface area contributed by atoms with Crippen LogP contribution in [0, 0.1) is 5.82 Å². The van der Waals surface area contributed by atoms with Gasteiger partial charge in [-0.3, -0.25) is 0 Å². The van der Waals surface area contributed by atoms with Crippen molar-refractivity contribution < 1.29 is 18.7 Å². The first-order valence-corrected chi connectivity index (χ1v) is 7.29. The summed E-state index contributed by atoms with van der Waals surface area (Å²) >= 11 is 0. The van der Waals surface area contributed by atoms with Gasteiger partial charge in [0.05, 0.1) is 12.2 Å². The standard InChI is InChI=1S/C15H16FN5O3/c1-9-12(14(22)24-8-7-23-2)13(10-5-3-4-6-11(10)16)21-15(17-9)18-19-20-21/h3-6,13H,7-8H2,1-2H3,(H,17,18,20)/t13-/m0/s1. The van der Waals surface area contributed by atoms with Gasteiger partial charge in [-0.15, -0.1) is 0 Å². The van der Waals surface area contributed by atoms with Gasteiger partial charge in [-0.25, -0.2) is 9.18 Å². The van der Waals surface area contributed by atoms with Crippen LogP contribution in [0.25, 0.3) is 0 Å². The lowest BCUT2D eigenvalue weighted by Crippen LogP contribution is -2.30. The van der Waals surface area contributed by atoms with Gasteiger partial charge in [0.15, 0.2) is 0 Å². The number of carbonyl (C=O) groups is 1. The lowest BCUT2D eigenvalue weighted by atomic mass is 9.95. The van der Waals surface area contributed by atoms with E-state index in [2.05, 4.69) is 20.8 Å². The van der Waals surface area contributed by atoms with Crippen molar-refractivity contribution in [3.63, 3.8) is 0 Å². The molecular weight excluding hydrogens is 317 g/mol. The molecule has 126 valence electrons. The molecule has 1 aromatic heterocycles. The maximum absolute atomic E-state index is 14.3. The molecule has 1 aromatic carbocycles. The van der Waals surface area contributed by atoms with Crippen molar-refractivity contribution in [1.29, 1.82) is 0 Å². The van der Waals surface area contributed by atoms with Crippen molar-refractivity contribution in [2.75, 3.05) is 25.6 Å². The Morgan fingerprint density at radius 1 is 1.38 bits per heavy atom. The Balaban J connectivity index is 2.04. The second kappa shape index (κ2) is 6.75. The maximum atomic E-state index is 14.3. The molecule has 2 heterocycles. The van der Waals surface area contributed by atoms with E-state index in [0.717, 1.165) is 0 Å². The quantitative estimate of drug-likeness (QED) is 0.651. The number of fused-ring (bicyclic) bond motifs is 1. The molecule has 0 amide bonds. The molecule has 1 aliphatic rings. The van der Waals surface area contributed by atoms with Crippen molar-refractivity contribution in [3.8, 4) is 0 Å². The van der Waals surface area contributed by atoms with Gasteiger partial charge < -0.3 is 14.8 Å². The Labute approximate surface area is 137 Å². The summed E-state index contributed by atoms with van der Waals surface area (Å²) < 4.78 is 25.8. The Morgan fingerprint density at radius 2 is 2.17 bits per heavy atom. The number of rotatable bonds is 5. The highest BCUT2D eigenvalue weighted by Gasteiger charge is 2.36. The predicted octanol–water partition coefficient (Wildman–Crippen LogP) is 1.29. The monoisotopic (exact) mass is 333 g/mol. The molecule has 0 spiro atoms. The van der Waals surface area contributed by atoms with Crippen LogP contribution in [0.2, 0.25) is 0 Å². The molecule has 0 bridgehead atoms. The number of tetrazole rings is 1. The van der Waals surface area contributed by atoms with Gasteiger partial charge in [-0.1, -0.05) is 23.3 Å². The van der Waals surface area contributed by atoms with Crippen molar-refractivity contribution in [2.24, 2.45) is 0 Å². The fraction of sp³-hybridized carbons (Fsp3) is 0.333. The largest absolute Gasteiger partial charge is 0.460 e. The summed E-state index contributed by atoms with van der Waals surface area (Å²) in [5.41, 5.74) is 1.04. The van der Waals surface area contributed by atoms with Crippen LogP contribution in [0.15, 0.2) is 35.5 Å². The number of carbonyl (C=O) groups excluding carboxylic acids is 1. The molecule has 1 atom stereocenters. The molecule has 24 heavy (non-hydrogen) atoms. The van der Waals surface area contributed by atoms with Crippen LogP contribution in [-0.2, 0) is 14.3 Å². The van der Waals surface area contributed by atoms with E-state index in [1.807, 2.05) is 0 Å². The normalized spacial score (nSPS) is 16.5. The summed E-state index contributed by atoms with van der Waals surface area (Å²) in [5, 5.41) is 14.2. The van der Waals surface area contributed by atoms with Crippen LogP contribution in [0.1, 0.15) is 18.5 Å². The molecule has 8 nitrogen and oxygen atoms in total. The van der Waals surface area contributed by atoms with Crippen LogP contribution in [0.4, 0.5) is 10.3 Å². The first-order chi connectivity index (χ1) is 11.6. The van der Waals surface area contributed by atoms with Gasteiger partial charge in [0.2, 0.25) is 5.95 Å². The zero-order chi connectivity index (χ0) is 17.1. The number of hydrogen-bond donors (Lipinski definition) is 1. The van der Waals surface area contributed by atoms with Crippen molar-refractivity contribution >= 4 is 11.9 Å².